The van der Waals surface area contributed by atoms with E-state index in [0.29, 0.717) is 6.10 Å². The molecule has 0 saturated carbocycles. The van der Waals surface area contributed by atoms with E-state index < -0.39 is 0 Å². The molecule has 3 rings (SSSR count). The molecule has 0 radical (unpaired) electrons. The minimum absolute atomic E-state index is 0.359. The third-order valence-corrected chi connectivity index (χ3v) is 4.77. The maximum absolute atomic E-state index is 6.20. The first-order valence-electron chi connectivity index (χ1n) is 8.44. The van der Waals surface area contributed by atoms with Crippen molar-refractivity contribution in [1.82, 2.24) is 10.2 Å². The van der Waals surface area contributed by atoms with Crippen molar-refractivity contribution in [2.75, 3.05) is 33.2 Å². The van der Waals surface area contributed by atoms with Gasteiger partial charge in [-0.3, -0.25) is 0 Å². The molecule has 2 fully saturated rings. The molecular formula is C18H28N2O. The van der Waals surface area contributed by atoms with Gasteiger partial charge in [0.05, 0.1) is 0 Å². The molecule has 1 aromatic rings. The second kappa shape index (κ2) is 7.28. The fourth-order valence-electron chi connectivity index (χ4n) is 3.57. The van der Waals surface area contributed by atoms with Crippen molar-refractivity contribution in [3.63, 3.8) is 0 Å². The predicted molar refractivity (Wildman–Crippen MR) is 86.9 cm³/mol. The van der Waals surface area contributed by atoms with Crippen LogP contribution in [0.25, 0.3) is 0 Å². The number of likely N-dealkylation sites (tertiary alicyclic amines) is 1. The summed E-state index contributed by atoms with van der Waals surface area (Å²) in [6.45, 7) is 4.61. The van der Waals surface area contributed by atoms with E-state index in [1.807, 2.05) is 0 Å². The Hall–Kier alpha value is -1.06. The van der Waals surface area contributed by atoms with Crippen LogP contribution in [-0.2, 0) is 6.42 Å². The number of nitrogens with one attached hydrogen (secondary N) is 1. The molecular weight excluding hydrogens is 260 g/mol. The Morgan fingerprint density at radius 1 is 1.24 bits per heavy atom. The van der Waals surface area contributed by atoms with Gasteiger partial charge in [0.2, 0.25) is 0 Å². The lowest BCUT2D eigenvalue weighted by Crippen LogP contribution is -2.38. The lowest BCUT2D eigenvalue weighted by molar-refractivity contribution is 0.104. The maximum atomic E-state index is 6.20. The molecule has 3 heteroatoms. The molecule has 2 heterocycles. The van der Waals surface area contributed by atoms with Gasteiger partial charge in [0.25, 0.3) is 0 Å². The van der Waals surface area contributed by atoms with Crippen molar-refractivity contribution in [1.29, 1.82) is 0 Å². The molecule has 1 unspecified atom stereocenters. The first kappa shape index (κ1) is 14.9. The summed E-state index contributed by atoms with van der Waals surface area (Å²) in [6, 6.07) is 8.78. The van der Waals surface area contributed by atoms with Crippen LogP contribution in [0.15, 0.2) is 24.3 Å². The molecule has 2 aliphatic rings. The van der Waals surface area contributed by atoms with Gasteiger partial charge in [0, 0.05) is 6.54 Å². The number of piperidine rings is 2. The number of benzene rings is 1. The molecule has 0 aliphatic carbocycles. The normalized spacial score (nSPS) is 24.9. The average molecular weight is 288 g/mol. The van der Waals surface area contributed by atoms with E-state index in [1.165, 1.54) is 57.3 Å². The Bertz CT molecular complexity index is 443. The average Bonchev–Trinajstić information content (AvgIpc) is 2.49. The number of rotatable bonds is 4. The van der Waals surface area contributed by atoms with Crippen molar-refractivity contribution in [2.24, 2.45) is 5.92 Å². The smallest absolute Gasteiger partial charge is 0.120 e. The number of ether oxygens (including phenoxy) is 1. The molecule has 0 aromatic heterocycles. The van der Waals surface area contributed by atoms with Gasteiger partial charge in [0.1, 0.15) is 11.9 Å². The number of likely N-dealkylation sites (N-methyl/N-ethyl adjacent to an activating group) is 1. The van der Waals surface area contributed by atoms with Gasteiger partial charge in [-0.05, 0) is 82.4 Å². The minimum Gasteiger partial charge on any atom is -0.489 e. The van der Waals surface area contributed by atoms with Gasteiger partial charge < -0.3 is 15.0 Å². The topological polar surface area (TPSA) is 24.5 Å². The highest BCUT2D eigenvalue weighted by Gasteiger charge is 2.19. The quantitative estimate of drug-likeness (QED) is 0.922. The molecule has 21 heavy (non-hydrogen) atoms. The SMILES string of the molecule is CN1CCCC(Oc2cccc(CC3CCNCC3)c2)C1. The molecule has 2 saturated heterocycles. The van der Waals surface area contributed by atoms with Crippen molar-refractivity contribution in [3.05, 3.63) is 29.8 Å². The number of hydrogen-bond acceptors (Lipinski definition) is 3. The van der Waals surface area contributed by atoms with E-state index in [1.54, 1.807) is 0 Å². The lowest BCUT2D eigenvalue weighted by Gasteiger charge is -2.30. The third-order valence-electron chi connectivity index (χ3n) is 4.77. The zero-order valence-corrected chi connectivity index (χ0v) is 13.2. The van der Waals surface area contributed by atoms with Crippen molar-refractivity contribution >= 4 is 0 Å². The molecule has 0 amide bonds. The Kier molecular flexibility index (Phi) is 5.15. The van der Waals surface area contributed by atoms with Crippen LogP contribution < -0.4 is 10.1 Å². The lowest BCUT2D eigenvalue weighted by atomic mass is 9.91. The van der Waals surface area contributed by atoms with Gasteiger partial charge in [-0.1, -0.05) is 12.1 Å². The Morgan fingerprint density at radius 2 is 2.10 bits per heavy atom. The van der Waals surface area contributed by atoms with E-state index in [0.717, 1.165) is 18.2 Å². The maximum Gasteiger partial charge on any atom is 0.120 e. The van der Waals surface area contributed by atoms with E-state index in [2.05, 4.69) is 41.5 Å². The summed E-state index contributed by atoms with van der Waals surface area (Å²) < 4.78 is 6.20. The Balaban J connectivity index is 1.57. The van der Waals surface area contributed by atoms with Crippen molar-refractivity contribution in [2.45, 2.75) is 38.2 Å². The number of hydrogen-bond donors (Lipinski definition) is 1. The van der Waals surface area contributed by atoms with Crippen LogP contribution in [0.4, 0.5) is 0 Å². The number of nitrogens with zero attached hydrogens (tertiary/aromatic N) is 1. The second-order valence-corrected chi connectivity index (χ2v) is 6.69. The molecule has 0 spiro atoms. The highest BCUT2D eigenvalue weighted by Crippen LogP contribution is 2.23. The monoisotopic (exact) mass is 288 g/mol. The summed E-state index contributed by atoms with van der Waals surface area (Å²) in [5.74, 6) is 1.89. The highest BCUT2D eigenvalue weighted by atomic mass is 16.5. The Labute approximate surface area is 128 Å². The molecule has 1 aromatic carbocycles. The van der Waals surface area contributed by atoms with Gasteiger partial charge >= 0.3 is 0 Å². The summed E-state index contributed by atoms with van der Waals surface area (Å²) >= 11 is 0. The minimum atomic E-state index is 0.359. The van der Waals surface area contributed by atoms with Gasteiger partial charge in [-0.2, -0.15) is 0 Å². The second-order valence-electron chi connectivity index (χ2n) is 6.69. The summed E-state index contributed by atoms with van der Waals surface area (Å²) in [5.41, 5.74) is 1.43. The highest BCUT2D eigenvalue weighted by molar-refractivity contribution is 5.29. The fraction of sp³-hybridized carbons (Fsp3) is 0.667. The van der Waals surface area contributed by atoms with E-state index in [4.69, 9.17) is 4.74 Å². The van der Waals surface area contributed by atoms with Gasteiger partial charge in [-0.25, -0.2) is 0 Å². The Morgan fingerprint density at radius 3 is 2.90 bits per heavy atom. The molecule has 1 atom stereocenters. The standard InChI is InChI=1S/C18H28N2O/c1-20-11-3-6-18(14-20)21-17-5-2-4-16(13-17)12-15-7-9-19-10-8-15/h2,4-5,13,15,18-19H,3,6-12,14H2,1H3. The van der Waals surface area contributed by atoms with Crippen LogP contribution in [-0.4, -0.2) is 44.2 Å². The van der Waals surface area contributed by atoms with Crippen LogP contribution in [0.3, 0.4) is 0 Å². The van der Waals surface area contributed by atoms with Crippen LogP contribution in [0.2, 0.25) is 0 Å². The first-order chi connectivity index (χ1) is 10.3. The summed E-state index contributed by atoms with van der Waals surface area (Å²) in [5, 5.41) is 3.44. The van der Waals surface area contributed by atoms with Crippen LogP contribution in [0.5, 0.6) is 5.75 Å². The summed E-state index contributed by atoms with van der Waals surface area (Å²) in [6.07, 6.45) is 6.59. The van der Waals surface area contributed by atoms with E-state index >= 15 is 0 Å². The molecule has 1 N–H and O–H groups in total. The molecule has 116 valence electrons. The van der Waals surface area contributed by atoms with Gasteiger partial charge in [0.15, 0.2) is 0 Å². The zero-order chi connectivity index (χ0) is 14.5. The first-order valence-corrected chi connectivity index (χ1v) is 8.44. The molecule has 0 bridgehead atoms. The van der Waals surface area contributed by atoms with E-state index in [-0.39, 0.29) is 0 Å². The molecule has 2 aliphatic heterocycles. The fourth-order valence-corrected chi connectivity index (χ4v) is 3.57. The largest absolute Gasteiger partial charge is 0.489 e. The van der Waals surface area contributed by atoms with Gasteiger partial charge in [-0.15, -0.1) is 0 Å². The van der Waals surface area contributed by atoms with Crippen LogP contribution in [0, 0.1) is 5.92 Å². The summed E-state index contributed by atoms with van der Waals surface area (Å²) in [4.78, 5) is 2.37. The van der Waals surface area contributed by atoms with Crippen molar-refractivity contribution < 1.29 is 4.74 Å². The molecule has 3 nitrogen and oxygen atoms in total. The summed E-state index contributed by atoms with van der Waals surface area (Å²) in [7, 11) is 2.18. The van der Waals surface area contributed by atoms with Crippen LogP contribution >= 0.6 is 0 Å². The zero-order valence-electron chi connectivity index (χ0n) is 13.2. The predicted octanol–water partition coefficient (Wildman–Crippen LogP) is 2.70. The third kappa shape index (κ3) is 4.45. The van der Waals surface area contributed by atoms with E-state index in [9.17, 15) is 0 Å². The van der Waals surface area contributed by atoms with Crippen LogP contribution in [0.1, 0.15) is 31.2 Å². The van der Waals surface area contributed by atoms with Crippen molar-refractivity contribution in [3.8, 4) is 5.75 Å².